The van der Waals surface area contributed by atoms with E-state index >= 15 is 0 Å². The minimum atomic E-state index is -3.87. The lowest BCUT2D eigenvalue weighted by molar-refractivity contribution is -0.119. The minimum Gasteiger partial charge on any atom is -0.360 e. The molecule has 0 aliphatic carbocycles. The average Bonchev–Trinajstić information content (AvgIpc) is 3.32. The minimum absolute atomic E-state index is 0.0785. The van der Waals surface area contributed by atoms with Gasteiger partial charge in [-0.25, -0.2) is 8.42 Å². The van der Waals surface area contributed by atoms with Crippen LogP contribution in [0.1, 0.15) is 24.2 Å². The number of hydrogen-bond donors (Lipinski definition) is 2. The number of benzene rings is 1. The average molecular weight is 390 g/mol. The third-order valence-corrected chi connectivity index (χ3v) is 6.60. The van der Waals surface area contributed by atoms with Gasteiger partial charge in [0, 0.05) is 18.3 Å². The van der Waals surface area contributed by atoms with Crippen molar-refractivity contribution in [1.29, 1.82) is 0 Å². The molecule has 2 N–H and O–H groups in total. The van der Waals surface area contributed by atoms with Gasteiger partial charge in [-0.05, 0) is 43.5 Å². The SMILES string of the molecule is Cc1cc(NC(=O)C2CCCN2S(=O)(=O)c2ccc3c(c2)CC(=O)N3)no1. The van der Waals surface area contributed by atoms with Gasteiger partial charge in [-0.3, -0.25) is 9.59 Å². The van der Waals surface area contributed by atoms with Crippen molar-refractivity contribution >= 4 is 33.3 Å². The van der Waals surface area contributed by atoms with Gasteiger partial charge in [-0.15, -0.1) is 0 Å². The van der Waals surface area contributed by atoms with Gasteiger partial charge in [-0.1, -0.05) is 5.16 Å². The zero-order valence-corrected chi connectivity index (χ0v) is 15.4. The highest BCUT2D eigenvalue weighted by atomic mass is 32.2. The zero-order chi connectivity index (χ0) is 19.2. The van der Waals surface area contributed by atoms with Crippen molar-refractivity contribution in [1.82, 2.24) is 9.46 Å². The summed E-state index contributed by atoms with van der Waals surface area (Å²) in [5.74, 6) is 0.189. The maximum absolute atomic E-state index is 13.1. The molecule has 0 spiro atoms. The summed E-state index contributed by atoms with van der Waals surface area (Å²) in [5.41, 5.74) is 1.26. The zero-order valence-electron chi connectivity index (χ0n) is 14.6. The van der Waals surface area contributed by atoms with Crippen molar-refractivity contribution in [3.05, 3.63) is 35.6 Å². The Hall–Kier alpha value is -2.72. The second-order valence-electron chi connectivity index (χ2n) is 6.63. The van der Waals surface area contributed by atoms with Crippen LogP contribution in [0.25, 0.3) is 0 Å². The number of carbonyl (C=O) groups excluding carboxylic acids is 2. The van der Waals surface area contributed by atoms with E-state index in [4.69, 9.17) is 4.52 Å². The molecular weight excluding hydrogens is 372 g/mol. The van der Waals surface area contributed by atoms with Crippen LogP contribution in [-0.4, -0.2) is 42.3 Å². The molecule has 9 nitrogen and oxygen atoms in total. The van der Waals surface area contributed by atoms with Crippen LogP contribution in [0, 0.1) is 6.92 Å². The summed E-state index contributed by atoms with van der Waals surface area (Å²) in [6.45, 7) is 1.95. The Bertz CT molecular complexity index is 1030. The highest BCUT2D eigenvalue weighted by Crippen LogP contribution is 2.31. The van der Waals surface area contributed by atoms with Crippen LogP contribution in [-0.2, 0) is 26.0 Å². The summed E-state index contributed by atoms with van der Waals surface area (Å²) in [7, 11) is -3.87. The van der Waals surface area contributed by atoms with E-state index in [0.29, 0.717) is 29.9 Å². The van der Waals surface area contributed by atoms with E-state index in [1.807, 2.05) is 0 Å². The number of aromatic nitrogens is 1. The van der Waals surface area contributed by atoms with E-state index in [1.54, 1.807) is 19.1 Å². The molecule has 1 saturated heterocycles. The number of nitrogens with one attached hydrogen (secondary N) is 2. The second kappa shape index (κ2) is 6.46. The van der Waals surface area contributed by atoms with E-state index in [9.17, 15) is 18.0 Å². The quantitative estimate of drug-likeness (QED) is 0.811. The maximum Gasteiger partial charge on any atom is 0.244 e. The summed E-state index contributed by atoms with van der Waals surface area (Å²) in [5, 5.41) is 8.98. The molecule has 2 aliphatic rings. The fourth-order valence-corrected chi connectivity index (χ4v) is 5.13. The molecule has 0 bridgehead atoms. The summed E-state index contributed by atoms with van der Waals surface area (Å²) in [6.07, 6.45) is 1.15. The molecule has 4 rings (SSSR count). The Balaban J connectivity index is 1.58. The summed E-state index contributed by atoms with van der Waals surface area (Å²) in [4.78, 5) is 24.2. The molecule has 1 fully saturated rings. The van der Waals surface area contributed by atoms with Gasteiger partial charge in [0.2, 0.25) is 21.8 Å². The molecule has 1 unspecified atom stereocenters. The fraction of sp³-hybridized carbons (Fsp3) is 0.353. The standard InChI is InChI=1S/C17H18N4O5S/c1-10-7-15(20-26-10)19-17(23)14-3-2-6-21(14)27(24,25)12-4-5-13-11(8-12)9-16(22)18-13/h4-5,7-8,14H,2-3,6,9H2,1H3,(H,18,22)(H,19,20,23). The summed E-state index contributed by atoms with van der Waals surface area (Å²) in [6, 6.07) is 5.28. The molecule has 1 aromatic carbocycles. The van der Waals surface area contributed by atoms with Crippen LogP contribution in [0.5, 0.6) is 0 Å². The third kappa shape index (κ3) is 3.21. The number of carbonyl (C=O) groups is 2. The molecule has 3 heterocycles. The number of aryl methyl sites for hydroxylation is 1. The number of sulfonamides is 1. The van der Waals surface area contributed by atoms with Crippen LogP contribution in [0.2, 0.25) is 0 Å². The van der Waals surface area contributed by atoms with Crippen molar-refractivity contribution in [3.63, 3.8) is 0 Å². The van der Waals surface area contributed by atoms with E-state index in [1.165, 1.54) is 16.4 Å². The Morgan fingerprint density at radius 3 is 2.93 bits per heavy atom. The Labute approximate surface area is 155 Å². The van der Waals surface area contributed by atoms with Crippen molar-refractivity contribution in [2.24, 2.45) is 0 Å². The first-order valence-electron chi connectivity index (χ1n) is 8.53. The molecular formula is C17H18N4O5S. The molecule has 0 radical (unpaired) electrons. The van der Waals surface area contributed by atoms with Crippen LogP contribution in [0.3, 0.4) is 0 Å². The fourth-order valence-electron chi connectivity index (χ4n) is 3.43. The topological polar surface area (TPSA) is 122 Å². The smallest absolute Gasteiger partial charge is 0.244 e. The maximum atomic E-state index is 13.1. The Kier molecular flexibility index (Phi) is 4.23. The predicted octanol–water partition coefficient (Wildman–Crippen LogP) is 1.27. The lowest BCUT2D eigenvalue weighted by Crippen LogP contribution is -2.43. The van der Waals surface area contributed by atoms with Crippen molar-refractivity contribution in [2.75, 3.05) is 17.2 Å². The van der Waals surface area contributed by atoms with Gasteiger partial charge >= 0.3 is 0 Å². The first-order valence-corrected chi connectivity index (χ1v) is 9.97. The lowest BCUT2D eigenvalue weighted by atomic mass is 10.2. The van der Waals surface area contributed by atoms with Gasteiger partial charge in [-0.2, -0.15) is 4.31 Å². The highest BCUT2D eigenvalue weighted by molar-refractivity contribution is 7.89. The highest BCUT2D eigenvalue weighted by Gasteiger charge is 2.40. The van der Waals surface area contributed by atoms with Crippen molar-refractivity contribution < 1.29 is 22.5 Å². The molecule has 2 amide bonds. The van der Waals surface area contributed by atoms with E-state index in [2.05, 4.69) is 15.8 Å². The largest absolute Gasteiger partial charge is 0.360 e. The van der Waals surface area contributed by atoms with Crippen LogP contribution in [0.4, 0.5) is 11.5 Å². The molecule has 142 valence electrons. The lowest BCUT2D eigenvalue weighted by Gasteiger charge is -2.23. The normalized spacial score (nSPS) is 19.7. The molecule has 0 saturated carbocycles. The molecule has 1 atom stereocenters. The van der Waals surface area contributed by atoms with Crippen molar-refractivity contribution in [2.45, 2.75) is 37.1 Å². The van der Waals surface area contributed by atoms with E-state index in [0.717, 1.165) is 0 Å². The first kappa shape index (κ1) is 17.7. The van der Waals surface area contributed by atoms with Crippen LogP contribution >= 0.6 is 0 Å². The second-order valence-corrected chi connectivity index (χ2v) is 8.52. The van der Waals surface area contributed by atoms with Gasteiger partial charge in [0.15, 0.2) is 5.82 Å². The van der Waals surface area contributed by atoms with Crippen LogP contribution in [0.15, 0.2) is 33.7 Å². The van der Waals surface area contributed by atoms with E-state index in [-0.39, 0.29) is 29.6 Å². The van der Waals surface area contributed by atoms with Gasteiger partial charge < -0.3 is 15.2 Å². The number of nitrogens with zero attached hydrogens (tertiary/aromatic N) is 2. The van der Waals surface area contributed by atoms with Gasteiger partial charge in [0.25, 0.3) is 0 Å². The number of amides is 2. The van der Waals surface area contributed by atoms with Gasteiger partial charge in [0.05, 0.1) is 11.3 Å². The Morgan fingerprint density at radius 1 is 1.37 bits per heavy atom. The van der Waals surface area contributed by atoms with E-state index < -0.39 is 22.0 Å². The molecule has 1 aromatic heterocycles. The molecule has 27 heavy (non-hydrogen) atoms. The first-order chi connectivity index (χ1) is 12.8. The number of rotatable bonds is 4. The molecule has 10 heteroatoms. The summed E-state index contributed by atoms with van der Waals surface area (Å²) < 4.78 is 32.3. The van der Waals surface area contributed by atoms with Gasteiger partial charge in [0.1, 0.15) is 11.8 Å². The number of fused-ring (bicyclic) bond motifs is 1. The summed E-state index contributed by atoms with van der Waals surface area (Å²) >= 11 is 0. The molecule has 2 aromatic rings. The predicted molar refractivity (Wildman–Crippen MR) is 95.6 cm³/mol. The van der Waals surface area contributed by atoms with Crippen LogP contribution < -0.4 is 10.6 Å². The molecule has 2 aliphatic heterocycles. The Morgan fingerprint density at radius 2 is 2.19 bits per heavy atom. The number of anilines is 2. The number of hydrogen-bond acceptors (Lipinski definition) is 6. The monoisotopic (exact) mass is 390 g/mol. The third-order valence-electron chi connectivity index (χ3n) is 4.69. The van der Waals surface area contributed by atoms with Crippen molar-refractivity contribution in [3.8, 4) is 0 Å².